The molecule has 2 aliphatic heterocycles. The van der Waals surface area contributed by atoms with Crippen LogP contribution in [-0.2, 0) is 16.1 Å². The third-order valence-electron chi connectivity index (χ3n) is 7.91. The van der Waals surface area contributed by atoms with Crippen LogP contribution in [0.2, 0.25) is 0 Å². The first-order valence-corrected chi connectivity index (χ1v) is 13.5. The molecular formula is C31H35N3O4. The lowest BCUT2D eigenvalue weighted by Crippen LogP contribution is -2.49. The number of likely N-dealkylation sites (tertiary alicyclic amines) is 1. The van der Waals surface area contributed by atoms with Crippen molar-refractivity contribution in [3.05, 3.63) is 88.8 Å². The Hall–Kier alpha value is -3.71. The van der Waals surface area contributed by atoms with Crippen LogP contribution in [0.15, 0.2) is 77.7 Å². The average Bonchev–Trinajstić information content (AvgIpc) is 3.36. The minimum absolute atomic E-state index is 0.0441. The molecule has 2 aliphatic rings. The van der Waals surface area contributed by atoms with Gasteiger partial charge in [0.2, 0.25) is 11.8 Å². The molecule has 198 valence electrons. The molecule has 0 spiro atoms. The van der Waals surface area contributed by atoms with E-state index in [0.29, 0.717) is 51.0 Å². The van der Waals surface area contributed by atoms with Gasteiger partial charge in [0, 0.05) is 50.3 Å². The number of rotatable bonds is 7. The second kappa shape index (κ2) is 11.0. The first-order chi connectivity index (χ1) is 18.3. The van der Waals surface area contributed by atoms with Gasteiger partial charge in [-0.3, -0.25) is 14.4 Å². The van der Waals surface area contributed by atoms with Crippen molar-refractivity contribution in [2.45, 2.75) is 57.1 Å². The van der Waals surface area contributed by atoms with Gasteiger partial charge >= 0.3 is 0 Å². The Bertz CT molecular complexity index is 1340. The van der Waals surface area contributed by atoms with Gasteiger partial charge in [-0.15, -0.1) is 0 Å². The Balaban J connectivity index is 1.30. The Morgan fingerprint density at radius 2 is 1.63 bits per heavy atom. The van der Waals surface area contributed by atoms with Crippen LogP contribution in [0.4, 0.5) is 5.69 Å². The van der Waals surface area contributed by atoms with Crippen LogP contribution in [0, 0.1) is 0 Å². The molecule has 1 unspecified atom stereocenters. The molecule has 0 radical (unpaired) electrons. The number of nitrogens with zero attached hydrogens (tertiary/aromatic N) is 3. The minimum atomic E-state index is -1.10. The summed E-state index contributed by atoms with van der Waals surface area (Å²) in [5.74, 6) is 0.253. The fraction of sp³-hybridized carbons (Fsp3) is 0.387. The zero-order chi connectivity index (χ0) is 26.7. The maximum absolute atomic E-state index is 13.2. The highest BCUT2D eigenvalue weighted by molar-refractivity contribution is 5.99. The second-order valence-electron chi connectivity index (χ2n) is 10.7. The summed E-state index contributed by atoms with van der Waals surface area (Å²) >= 11 is 0. The molecule has 1 N–H and O–H groups in total. The highest BCUT2D eigenvalue weighted by Gasteiger charge is 2.35. The maximum atomic E-state index is 13.2. The zero-order valence-corrected chi connectivity index (χ0v) is 21.9. The summed E-state index contributed by atoms with van der Waals surface area (Å²) < 4.78 is 1.53. The number of piperidine rings is 1. The Morgan fingerprint density at radius 3 is 2.26 bits per heavy atom. The molecule has 2 aromatic carbocycles. The molecule has 1 aromatic heterocycles. The van der Waals surface area contributed by atoms with Crippen LogP contribution in [0.1, 0.15) is 50.5 Å². The molecule has 7 heteroatoms. The van der Waals surface area contributed by atoms with Crippen LogP contribution in [0.3, 0.4) is 0 Å². The minimum Gasteiger partial charge on any atom is -0.388 e. The average molecular weight is 514 g/mol. The molecular weight excluding hydrogens is 478 g/mol. The van der Waals surface area contributed by atoms with Gasteiger partial charge in [-0.05, 0) is 36.3 Å². The number of carbonyl (C=O) groups is 2. The monoisotopic (exact) mass is 513 g/mol. The molecule has 0 aliphatic carbocycles. The van der Waals surface area contributed by atoms with Crippen molar-refractivity contribution in [1.29, 1.82) is 0 Å². The van der Waals surface area contributed by atoms with Crippen molar-refractivity contribution < 1.29 is 14.7 Å². The Kier molecular flexibility index (Phi) is 7.47. The Labute approximate surface area is 223 Å². The van der Waals surface area contributed by atoms with Crippen LogP contribution in [0.25, 0.3) is 11.1 Å². The van der Waals surface area contributed by atoms with Crippen LogP contribution in [0.5, 0.6) is 0 Å². The van der Waals surface area contributed by atoms with E-state index in [1.54, 1.807) is 17.2 Å². The van der Waals surface area contributed by atoms with Crippen LogP contribution < -0.4 is 10.5 Å². The molecule has 2 amide bonds. The predicted octanol–water partition coefficient (Wildman–Crippen LogP) is 4.19. The summed E-state index contributed by atoms with van der Waals surface area (Å²) in [4.78, 5) is 42.3. The maximum Gasteiger partial charge on any atom is 0.251 e. The summed E-state index contributed by atoms with van der Waals surface area (Å²) in [5.41, 5.74) is 2.11. The van der Waals surface area contributed by atoms with E-state index in [0.717, 1.165) is 23.1 Å². The number of hydrogen-bond acceptors (Lipinski definition) is 4. The number of anilines is 1. The van der Waals surface area contributed by atoms with Gasteiger partial charge in [0.25, 0.3) is 5.56 Å². The molecule has 3 heterocycles. The summed E-state index contributed by atoms with van der Waals surface area (Å²) in [7, 11) is 0. The molecule has 5 rings (SSSR count). The Morgan fingerprint density at radius 1 is 0.974 bits per heavy atom. The summed E-state index contributed by atoms with van der Waals surface area (Å²) in [6, 6.07) is 21.2. The van der Waals surface area contributed by atoms with Gasteiger partial charge in [0.05, 0.1) is 17.8 Å². The van der Waals surface area contributed by atoms with Gasteiger partial charge < -0.3 is 19.5 Å². The summed E-state index contributed by atoms with van der Waals surface area (Å²) in [5, 5.41) is 11.4. The number of aromatic nitrogens is 1. The van der Waals surface area contributed by atoms with Crippen molar-refractivity contribution in [3.63, 3.8) is 0 Å². The van der Waals surface area contributed by atoms with E-state index in [1.165, 1.54) is 4.57 Å². The number of benzene rings is 2. The van der Waals surface area contributed by atoms with Crippen molar-refractivity contribution >= 4 is 17.5 Å². The van der Waals surface area contributed by atoms with E-state index >= 15 is 0 Å². The van der Waals surface area contributed by atoms with Gasteiger partial charge in [-0.2, -0.15) is 0 Å². The second-order valence-corrected chi connectivity index (χ2v) is 10.7. The van der Waals surface area contributed by atoms with E-state index in [-0.39, 0.29) is 29.8 Å². The van der Waals surface area contributed by atoms with Crippen molar-refractivity contribution in [2.75, 3.05) is 24.5 Å². The lowest BCUT2D eigenvalue weighted by atomic mass is 9.90. The molecule has 0 saturated carbocycles. The highest BCUT2D eigenvalue weighted by Crippen LogP contribution is 2.33. The number of pyridine rings is 1. The van der Waals surface area contributed by atoms with Crippen LogP contribution in [-0.4, -0.2) is 51.6 Å². The first-order valence-electron chi connectivity index (χ1n) is 13.5. The highest BCUT2D eigenvalue weighted by atomic mass is 16.3. The van der Waals surface area contributed by atoms with Gasteiger partial charge in [0.1, 0.15) is 0 Å². The molecule has 7 nitrogen and oxygen atoms in total. The van der Waals surface area contributed by atoms with Crippen molar-refractivity contribution in [2.24, 2.45) is 0 Å². The van der Waals surface area contributed by atoms with Gasteiger partial charge in [-0.25, -0.2) is 0 Å². The topological polar surface area (TPSA) is 82.8 Å². The number of aliphatic hydroxyl groups is 1. The SMILES string of the molecule is CC(CC(=O)N1CCC(O)(Cn2cc(N3CCCC3=O)c(-c3ccccc3)cc2=O)CC1)c1ccccc1. The molecule has 3 aromatic rings. The van der Waals surface area contributed by atoms with E-state index in [2.05, 4.69) is 6.92 Å². The van der Waals surface area contributed by atoms with E-state index in [9.17, 15) is 19.5 Å². The standard InChI is InChI=1S/C31H35N3O4/c1-23(24-9-4-2-5-10-24)19-29(36)32-17-14-31(38,15-18-32)22-33-21-27(34-16-8-13-28(34)35)26(20-30(33)37)25-11-6-3-7-12-25/h2-7,9-12,20-21,23,38H,8,13-19,22H2,1H3. The number of hydrogen-bond donors (Lipinski definition) is 1. The molecule has 2 saturated heterocycles. The number of carbonyl (C=O) groups excluding carboxylic acids is 2. The van der Waals surface area contributed by atoms with Gasteiger partial charge in [-0.1, -0.05) is 67.6 Å². The van der Waals surface area contributed by atoms with E-state index < -0.39 is 5.60 Å². The van der Waals surface area contributed by atoms with Crippen molar-refractivity contribution in [3.8, 4) is 11.1 Å². The number of amides is 2. The quantitative estimate of drug-likeness (QED) is 0.514. The molecule has 38 heavy (non-hydrogen) atoms. The molecule has 1 atom stereocenters. The van der Waals surface area contributed by atoms with Crippen molar-refractivity contribution in [1.82, 2.24) is 9.47 Å². The normalized spacial score (nSPS) is 18.0. The smallest absolute Gasteiger partial charge is 0.251 e. The first kappa shape index (κ1) is 25.9. The zero-order valence-electron chi connectivity index (χ0n) is 21.9. The van der Waals surface area contributed by atoms with E-state index in [1.807, 2.05) is 65.6 Å². The predicted molar refractivity (Wildman–Crippen MR) is 148 cm³/mol. The van der Waals surface area contributed by atoms with E-state index in [4.69, 9.17) is 0 Å². The molecule has 0 bridgehead atoms. The van der Waals surface area contributed by atoms with Crippen LogP contribution >= 0.6 is 0 Å². The lowest BCUT2D eigenvalue weighted by Gasteiger charge is -2.39. The fourth-order valence-corrected chi connectivity index (χ4v) is 5.59. The molecule has 2 fully saturated rings. The summed E-state index contributed by atoms with van der Waals surface area (Å²) in [6.07, 6.45) is 4.21. The largest absolute Gasteiger partial charge is 0.388 e. The third-order valence-corrected chi connectivity index (χ3v) is 7.91. The lowest BCUT2D eigenvalue weighted by molar-refractivity contribution is -0.136. The fourth-order valence-electron chi connectivity index (χ4n) is 5.59. The summed E-state index contributed by atoms with van der Waals surface area (Å²) in [6.45, 7) is 3.69. The third kappa shape index (κ3) is 5.58. The van der Waals surface area contributed by atoms with Gasteiger partial charge in [0.15, 0.2) is 0 Å².